The molecule has 6 heteroatoms. The topological polar surface area (TPSA) is 46.1 Å². The van der Waals surface area contributed by atoms with Gasteiger partial charge in [0.05, 0.1) is 23.3 Å². The molecule has 0 spiro atoms. The molecule has 138 valence electrons. The highest BCUT2D eigenvalue weighted by Crippen LogP contribution is 2.33. The molecule has 28 heavy (non-hydrogen) atoms. The van der Waals surface area contributed by atoms with Crippen LogP contribution >= 0.6 is 11.3 Å². The fraction of sp³-hybridized carbons (Fsp3) is 0.136. The number of thiazole rings is 1. The number of amides is 1. The maximum atomic E-state index is 14.1. The summed E-state index contributed by atoms with van der Waals surface area (Å²) in [6.45, 7) is 1.08. The van der Waals surface area contributed by atoms with E-state index in [1.165, 1.54) is 17.4 Å². The number of hydrogen-bond acceptors (Lipinski definition) is 4. The lowest BCUT2D eigenvalue weighted by Gasteiger charge is -2.26. The summed E-state index contributed by atoms with van der Waals surface area (Å²) >= 11 is 1.46. The van der Waals surface area contributed by atoms with Crippen LogP contribution in [0.5, 0.6) is 0 Å². The summed E-state index contributed by atoms with van der Waals surface area (Å²) in [4.78, 5) is 25.0. The van der Waals surface area contributed by atoms with Crippen molar-refractivity contribution < 1.29 is 9.18 Å². The molecule has 0 bridgehead atoms. The van der Waals surface area contributed by atoms with E-state index in [-0.39, 0.29) is 11.7 Å². The summed E-state index contributed by atoms with van der Waals surface area (Å²) in [5, 5.41) is 1.62. The van der Waals surface area contributed by atoms with Crippen LogP contribution in [0, 0.1) is 5.82 Å². The van der Waals surface area contributed by atoms with Crippen molar-refractivity contribution in [2.75, 3.05) is 6.54 Å². The maximum absolute atomic E-state index is 14.1. The van der Waals surface area contributed by atoms with Crippen LogP contribution in [0.15, 0.2) is 60.8 Å². The zero-order valence-electron chi connectivity index (χ0n) is 14.9. The summed E-state index contributed by atoms with van der Waals surface area (Å²) < 4.78 is 14.1. The fourth-order valence-corrected chi connectivity index (χ4v) is 4.72. The molecule has 0 radical (unpaired) electrons. The predicted molar refractivity (Wildman–Crippen MR) is 108 cm³/mol. The lowest BCUT2D eigenvalue weighted by Crippen LogP contribution is -2.35. The Morgan fingerprint density at radius 2 is 1.93 bits per heavy atom. The van der Waals surface area contributed by atoms with Gasteiger partial charge in [-0.1, -0.05) is 30.3 Å². The standard InChI is InChI=1S/C22H16FN3OS/c23-17-9-2-1-7-15(17)21-25-18-10-12-26(13-19(18)28-21)22(27)16-8-3-5-14-6-4-11-24-20(14)16/h1-9,11H,10,12-13H2. The molecule has 0 saturated heterocycles. The molecule has 0 saturated carbocycles. The van der Waals surface area contributed by atoms with Crippen molar-refractivity contribution in [1.29, 1.82) is 0 Å². The lowest BCUT2D eigenvalue weighted by molar-refractivity contribution is 0.0738. The highest BCUT2D eigenvalue weighted by molar-refractivity contribution is 7.15. The molecule has 1 amide bonds. The van der Waals surface area contributed by atoms with Crippen LogP contribution in [0.25, 0.3) is 21.5 Å². The molecule has 2 aromatic carbocycles. The van der Waals surface area contributed by atoms with E-state index in [4.69, 9.17) is 0 Å². The molecule has 5 rings (SSSR count). The average molecular weight is 389 g/mol. The van der Waals surface area contributed by atoms with E-state index >= 15 is 0 Å². The Hall–Kier alpha value is -3.12. The van der Waals surface area contributed by atoms with Gasteiger partial charge in [-0.05, 0) is 24.3 Å². The molecule has 0 fully saturated rings. The fourth-order valence-electron chi connectivity index (χ4n) is 3.57. The van der Waals surface area contributed by atoms with Gasteiger partial charge in [-0.15, -0.1) is 11.3 Å². The molecule has 0 unspecified atom stereocenters. The summed E-state index contributed by atoms with van der Waals surface area (Å²) in [5.41, 5.74) is 2.80. The van der Waals surface area contributed by atoms with Crippen LogP contribution in [0.3, 0.4) is 0 Å². The van der Waals surface area contributed by atoms with Crippen molar-refractivity contribution in [2.45, 2.75) is 13.0 Å². The van der Waals surface area contributed by atoms with Gasteiger partial charge in [0.25, 0.3) is 5.91 Å². The third kappa shape index (κ3) is 2.86. The van der Waals surface area contributed by atoms with Crippen LogP contribution in [-0.2, 0) is 13.0 Å². The number of rotatable bonds is 2. The monoisotopic (exact) mass is 389 g/mol. The second-order valence-electron chi connectivity index (χ2n) is 6.73. The minimum absolute atomic E-state index is 0.0317. The quantitative estimate of drug-likeness (QED) is 0.499. The minimum atomic E-state index is -0.275. The lowest BCUT2D eigenvalue weighted by atomic mass is 10.1. The van der Waals surface area contributed by atoms with Gasteiger partial charge in [-0.25, -0.2) is 9.37 Å². The molecule has 1 aliphatic heterocycles. The van der Waals surface area contributed by atoms with Gasteiger partial charge in [0.1, 0.15) is 10.8 Å². The smallest absolute Gasteiger partial charge is 0.256 e. The Morgan fingerprint density at radius 1 is 1.07 bits per heavy atom. The molecule has 3 heterocycles. The van der Waals surface area contributed by atoms with Gasteiger partial charge in [0, 0.05) is 35.0 Å². The molecule has 0 atom stereocenters. The summed E-state index contributed by atoms with van der Waals surface area (Å²) in [6.07, 6.45) is 2.38. The number of pyridine rings is 1. The van der Waals surface area contributed by atoms with E-state index in [0.717, 1.165) is 21.5 Å². The summed E-state index contributed by atoms with van der Waals surface area (Å²) in [6, 6.07) is 16.1. The number of fused-ring (bicyclic) bond motifs is 2. The van der Waals surface area contributed by atoms with E-state index in [0.29, 0.717) is 35.6 Å². The van der Waals surface area contributed by atoms with Crippen LogP contribution in [0.2, 0.25) is 0 Å². The molecule has 1 aliphatic rings. The first-order chi connectivity index (χ1) is 13.7. The van der Waals surface area contributed by atoms with E-state index < -0.39 is 0 Å². The van der Waals surface area contributed by atoms with Crippen LogP contribution in [0.1, 0.15) is 20.9 Å². The first-order valence-corrected chi connectivity index (χ1v) is 9.89. The van der Waals surface area contributed by atoms with Crippen molar-refractivity contribution >= 4 is 28.1 Å². The van der Waals surface area contributed by atoms with Crippen molar-refractivity contribution in [3.8, 4) is 10.6 Å². The Morgan fingerprint density at radius 3 is 2.82 bits per heavy atom. The number of aromatic nitrogens is 2. The van der Waals surface area contributed by atoms with E-state index in [2.05, 4.69) is 9.97 Å². The maximum Gasteiger partial charge on any atom is 0.256 e. The molecular weight excluding hydrogens is 373 g/mol. The number of nitrogens with zero attached hydrogens (tertiary/aromatic N) is 3. The number of para-hydroxylation sites is 1. The number of carbonyl (C=O) groups excluding carboxylic acids is 1. The number of carbonyl (C=O) groups is 1. The van der Waals surface area contributed by atoms with Crippen molar-refractivity contribution in [3.05, 3.63) is 82.7 Å². The molecular formula is C22H16FN3OS. The second-order valence-corrected chi connectivity index (χ2v) is 7.81. The van der Waals surface area contributed by atoms with Gasteiger partial charge in [-0.3, -0.25) is 9.78 Å². The Bertz CT molecular complexity index is 1200. The SMILES string of the molecule is O=C(c1cccc2cccnc12)N1CCc2nc(-c3ccccc3F)sc2C1. The normalized spacial score (nSPS) is 13.5. The first kappa shape index (κ1) is 17.0. The third-order valence-electron chi connectivity index (χ3n) is 4.99. The number of hydrogen-bond donors (Lipinski definition) is 0. The molecule has 2 aromatic heterocycles. The van der Waals surface area contributed by atoms with E-state index in [1.807, 2.05) is 41.3 Å². The summed E-state index contributed by atoms with van der Waals surface area (Å²) in [5.74, 6) is -0.306. The van der Waals surface area contributed by atoms with E-state index in [9.17, 15) is 9.18 Å². The van der Waals surface area contributed by atoms with Crippen molar-refractivity contribution in [1.82, 2.24) is 14.9 Å². The number of halogens is 1. The predicted octanol–water partition coefficient (Wildman–Crippen LogP) is 4.70. The first-order valence-electron chi connectivity index (χ1n) is 9.07. The van der Waals surface area contributed by atoms with Gasteiger partial charge < -0.3 is 4.90 Å². The van der Waals surface area contributed by atoms with Gasteiger partial charge in [0.15, 0.2) is 0 Å². The Kier molecular flexibility index (Phi) is 4.13. The Labute approximate surface area is 165 Å². The van der Waals surface area contributed by atoms with Crippen molar-refractivity contribution in [2.24, 2.45) is 0 Å². The second kappa shape index (κ2) is 6.80. The zero-order chi connectivity index (χ0) is 19.1. The van der Waals surface area contributed by atoms with Gasteiger partial charge in [0.2, 0.25) is 0 Å². The van der Waals surface area contributed by atoms with Crippen LogP contribution in [-0.4, -0.2) is 27.3 Å². The molecule has 4 aromatic rings. The Balaban J connectivity index is 1.46. The van der Waals surface area contributed by atoms with Crippen molar-refractivity contribution in [3.63, 3.8) is 0 Å². The molecule has 0 aliphatic carbocycles. The minimum Gasteiger partial charge on any atom is -0.333 e. The average Bonchev–Trinajstić information content (AvgIpc) is 3.16. The van der Waals surface area contributed by atoms with Gasteiger partial charge in [-0.2, -0.15) is 0 Å². The van der Waals surface area contributed by atoms with Gasteiger partial charge >= 0.3 is 0 Å². The van der Waals surface area contributed by atoms with Crippen LogP contribution in [0.4, 0.5) is 4.39 Å². The zero-order valence-corrected chi connectivity index (χ0v) is 15.7. The highest BCUT2D eigenvalue weighted by Gasteiger charge is 2.26. The third-order valence-corrected chi connectivity index (χ3v) is 6.10. The molecule has 4 nitrogen and oxygen atoms in total. The number of benzene rings is 2. The summed E-state index contributed by atoms with van der Waals surface area (Å²) in [7, 11) is 0. The van der Waals surface area contributed by atoms with E-state index in [1.54, 1.807) is 18.3 Å². The highest BCUT2D eigenvalue weighted by atomic mass is 32.1. The molecule has 0 N–H and O–H groups in total. The largest absolute Gasteiger partial charge is 0.333 e. The van der Waals surface area contributed by atoms with Crippen LogP contribution < -0.4 is 0 Å².